The Kier molecular flexibility index (Phi) is 4.75. The van der Waals surface area contributed by atoms with Crippen molar-refractivity contribution in [3.63, 3.8) is 0 Å². The Morgan fingerprint density at radius 3 is 2.78 bits per heavy atom. The van der Waals surface area contributed by atoms with Crippen LogP contribution in [0.2, 0.25) is 0 Å². The van der Waals surface area contributed by atoms with Gasteiger partial charge in [-0.1, -0.05) is 18.2 Å². The number of fused-ring (bicyclic) bond motifs is 1. The second-order valence-corrected chi connectivity index (χ2v) is 8.12. The van der Waals surface area contributed by atoms with Crippen LogP contribution in [0.4, 0.5) is 0 Å². The first kappa shape index (κ1) is 17.8. The molecule has 0 fully saturated rings. The number of benzene rings is 1. The van der Waals surface area contributed by atoms with Gasteiger partial charge in [0, 0.05) is 22.7 Å². The van der Waals surface area contributed by atoms with Crippen molar-refractivity contribution in [2.45, 2.75) is 19.0 Å². The molecule has 6 nitrogen and oxygen atoms in total. The second kappa shape index (κ2) is 7.21. The maximum absolute atomic E-state index is 13.0. The molecule has 2 aromatic heterocycles. The molecule has 0 radical (unpaired) electrons. The van der Waals surface area contributed by atoms with Crippen molar-refractivity contribution in [2.75, 3.05) is 0 Å². The number of hydrogen-bond donors (Lipinski definition) is 1. The molecule has 1 aliphatic heterocycles. The maximum Gasteiger partial charge on any atom is 0.260 e. The van der Waals surface area contributed by atoms with Gasteiger partial charge in [0.2, 0.25) is 0 Å². The Labute approximate surface area is 168 Å². The van der Waals surface area contributed by atoms with E-state index >= 15 is 0 Å². The molecule has 4 rings (SSSR count). The van der Waals surface area contributed by atoms with Crippen LogP contribution in [0.25, 0.3) is 0 Å². The van der Waals surface area contributed by atoms with Crippen molar-refractivity contribution in [1.29, 1.82) is 0 Å². The molecule has 0 bridgehead atoms. The molecule has 2 amide bonds. The summed E-state index contributed by atoms with van der Waals surface area (Å²) in [6, 6.07) is 11.3. The number of rotatable bonds is 5. The molecule has 1 unspecified atom stereocenters. The van der Waals surface area contributed by atoms with E-state index in [0.717, 1.165) is 15.7 Å². The minimum atomic E-state index is -0.510. The number of carbonyl (C=O) groups excluding carboxylic acids is 2. The maximum atomic E-state index is 13.0. The van der Waals surface area contributed by atoms with Gasteiger partial charge in [-0.3, -0.25) is 14.6 Å². The SMILES string of the molecule is NC(=O)c1cnc(CN2C(=O)c3ccccc3C2Cc2ncccc2Br)s1. The number of halogens is 1. The van der Waals surface area contributed by atoms with Gasteiger partial charge >= 0.3 is 0 Å². The molecule has 0 saturated heterocycles. The number of hydrogen-bond acceptors (Lipinski definition) is 5. The van der Waals surface area contributed by atoms with Gasteiger partial charge < -0.3 is 10.6 Å². The molecule has 3 aromatic rings. The highest BCUT2D eigenvalue weighted by Crippen LogP contribution is 2.38. The highest BCUT2D eigenvalue weighted by atomic mass is 79.9. The molecule has 0 spiro atoms. The zero-order valence-electron chi connectivity index (χ0n) is 14.1. The lowest BCUT2D eigenvalue weighted by molar-refractivity contribution is 0.0708. The zero-order valence-corrected chi connectivity index (χ0v) is 16.5. The van der Waals surface area contributed by atoms with Gasteiger partial charge in [0.25, 0.3) is 11.8 Å². The summed E-state index contributed by atoms with van der Waals surface area (Å²) >= 11 is 4.75. The first-order valence-corrected chi connectivity index (χ1v) is 9.89. The minimum Gasteiger partial charge on any atom is -0.365 e. The standard InChI is InChI=1S/C19H15BrN4O2S/c20-13-6-3-7-22-14(13)8-15-11-4-1-2-5-12(11)19(26)24(15)10-17-23-9-16(27-17)18(21)25/h1-7,9,15H,8,10H2,(H2,21,25). The summed E-state index contributed by atoms with van der Waals surface area (Å²) in [7, 11) is 0. The molecule has 2 N–H and O–H groups in total. The van der Waals surface area contributed by atoms with Gasteiger partial charge in [-0.25, -0.2) is 4.98 Å². The fourth-order valence-corrected chi connectivity index (χ4v) is 4.43. The van der Waals surface area contributed by atoms with Gasteiger partial charge in [0.15, 0.2) is 0 Å². The van der Waals surface area contributed by atoms with Crippen LogP contribution in [0.3, 0.4) is 0 Å². The molecule has 1 aliphatic rings. The topological polar surface area (TPSA) is 89.2 Å². The predicted molar refractivity (Wildman–Crippen MR) is 105 cm³/mol. The van der Waals surface area contributed by atoms with Gasteiger partial charge in [-0.2, -0.15) is 0 Å². The highest BCUT2D eigenvalue weighted by molar-refractivity contribution is 9.10. The molecule has 0 saturated carbocycles. The second-order valence-electron chi connectivity index (χ2n) is 6.15. The van der Waals surface area contributed by atoms with Crippen LogP contribution >= 0.6 is 27.3 Å². The highest BCUT2D eigenvalue weighted by Gasteiger charge is 2.37. The molecule has 1 aromatic carbocycles. The van der Waals surface area contributed by atoms with Crippen LogP contribution in [0, 0.1) is 0 Å². The summed E-state index contributed by atoms with van der Waals surface area (Å²) in [5.74, 6) is -0.553. The van der Waals surface area contributed by atoms with E-state index in [1.54, 1.807) is 11.1 Å². The quantitative estimate of drug-likeness (QED) is 0.655. The summed E-state index contributed by atoms with van der Waals surface area (Å²) < 4.78 is 0.909. The van der Waals surface area contributed by atoms with Crippen LogP contribution in [-0.4, -0.2) is 26.7 Å². The van der Waals surface area contributed by atoms with Crippen molar-refractivity contribution >= 4 is 39.1 Å². The number of amides is 2. The summed E-state index contributed by atoms with van der Waals surface area (Å²) in [6.45, 7) is 0.320. The third-order valence-electron chi connectivity index (χ3n) is 4.51. The van der Waals surface area contributed by atoms with Crippen LogP contribution < -0.4 is 5.73 Å². The summed E-state index contributed by atoms with van der Waals surface area (Å²) in [5, 5.41) is 0.676. The lowest BCUT2D eigenvalue weighted by Crippen LogP contribution is -2.29. The summed E-state index contributed by atoms with van der Waals surface area (Å²) in [6.07, 6.45) is 3.78. The van der Waals surface area contributed by atoms with Gasteiger partial charge in [0.1, 0.15) is 9.88 Å². The van der Waals surface area contributed by atoms with Crippen LogP contribution in [0.5, 0.6) is 0 Å². The Morgan fingerprint density at radius 2 is 2.04 bits per heavy atom. The van der Waals surface area contributed by atoms with Crippen LogP contribution in [0.15, 0.2) is 53.3 Å². The normalized spacial score (nSPS) is 15.8. The van der Waals surface area contributed by atoms with E-state index in [0.29, 0.717) is 28.4 Å². The molecular formula is C19H15BrN4O2S. The van der Waals surface area contributed by atoms with Gasteiger partial charge in [-0.05, 0) is 39.7 Å². The Morgan fingerprint density at radius 1 is 1.22 bits per heavy atom. The predicted octanol–water partition coefficient (Wildman–Crippen LogP) is 3.34. The third-order valence-corrected chi connectivity index (χ3v) is 6.23. The van der Waals surface area contributed by atoms with Crippen molar-refractivity contribution in [2.24, 2.45) is 5.73 Å². The van der Waals surface area contributed by atoms with Crippen LogP contribution in [0.1, 0.15) is 42.3 Å². The first-order chi connectivity index (χ1) is 13.0. The van der Waals surface area contributed by atoms with Gasteiger partial charge in [0.05, 0.1) is 24.5 Å². The Bertz CT molecular complexity index is 1040. The fraction of sp³-hybridized carbons (Fsp3) is 0.158. The van der Waals surface area contributed by atoms with E-state index in [1.165, 1.54) is 17.5 Å². The van der Waals surface area contributed by atoms with E-state index in [4.69, 9.17) is 5.73 Å². The molecule has 27 heavy (non-hydrogen) atoms. The number of thiazole rings is 1. The van der Waals surface area contributed by atoms with Crippen molar-refractivity contribution < 1.29 is 9.59 Å². The van der Waals surface area contributed by atoms with E-state index in [9.17, 15) is 9.59 Å². The summed E-state index contributed by atoms with van der Waals surface area (Å²) in [5.41, 5.74) is 7.87. The molecule has 3 heterocycles. The minimum absolute atomic E-state index is 0.0431. The van der Waals surface area contributed by atoms with E-state index in [1.807, 2.05) is 36.4 Å². The third kappa shape index (κ3) is 3.38. The van der Waals surface area contributed by atoms with Crippen molar-refractivity contribution in [1.82, 2.24) is 14.9 Å². The Hall–Kier alpha value is -2.58. The van der Waals surface area contributed by atoms with E-state index in [-0.39, 0.29) is 11.9 Å². The van der Waals surface area contributed by atoms with Gasteiger partial charge in [-0.15, -0.1) is 11.3 Å². The first-order valence-electron chi connectivity index (χ1n) is 8.28. The zero-order chi connectivity index (χ0) is 19.0. The number of nitrogens with zero attached hydrogens (tertiary/aromatic N) is 3. The number of aromatic nitrogens is 2. The lowest BCUT2D eigenvalue weighted by Gasteiger charge is -2.24. The number of nitrogens with two attached hydrogens (primary N) is 1. The van der Waals surface area contributed by atoms with E-state index in [2.05, 4.69) is 25.9 Å². The number of carbonyl (C=O) groups is 2. The lowest BCUT2D eigenvalue weighted by atomic mass is 10.0. The molecule has 136 valence electrons. The number of primary amides is 1. The summed E-state index contributed by atoms with van der Waals surface area (Å²) in [4.78, 5) is 35.2. The average molecular weight is 443 g/mol. The van der Waals surface area contributed by atoms with Crippen molar-refractivity contribution in [3.05, 3.63) is 80.0 Å². The molecule has 8 heteroatoms. The molecule has 0 aliphatic carbocycles. The van der Waals surface area contributed by atoms with E-state index < -0.39 is 5.91 Å². The van der Waals surface area contributed by atoms with Crippen molar-refractivity contribution in [3.8, 4) is 0 Å². The fourth-order valence-electron chi connectivity index (χ4n) is 3.24. The average Bonchev–Trinajstić information content (AvgIpc) is 3.23. The molecule has 1 atom stereocenters. The van der Waals surface area contributed by atoms with Crippen LogP contribution in [-0.2, 0) is 13.0 Å². The monoisotopic (exact) mass is 442 g/mol. The molecular weight excluding hydrogens is 428 g/mol. The smallest absolute Gasteiger partial charge is 0.260 e. The number of pyridine rings is 1. The largest absolute Gasteiger partial charge is 0.365 e. The Balaban J connectivity index is 1.68.